The Morgan fingerprint density at radius 1 is 1.35 bits per heavy atom. The van der Waals surface area contributed by atoms with Gasteiger partial charge in [-0.25, -0.2) is 9.97 Å². The fourth-order valence-corrected chi connectivity index (χ4v) is 1.87. The molecule has 6 heteroatoms. The van der Waals surface area contributed by atoms with Gasteiger partial charge >= 0.3 is 0 Å². The van der Waals surface area contributed by atoms with Gasteiger partial charge < -0.3 is 10.6 Å². The molecule has 0 bridgehead atoms. The average molecular weight is 333 g/mol. The first-order chi connectivity index (χ1) is 9.69. The summed E-state index contributed by atoms with van der Waals surface area (Å²) in [5, 5.41) is 5.74. The van der Waals surface area contributed by atoms with Crippen molar-refractivity contribution in [2.24, 2.45) is 0 Å². The first-order valence-corrected chi connectivity index (χ1v) is 6.72. The molecule has 0 saturated carbocycles. The van der Waals surface area contributed by atoms with Crippen molar-refractivity contribution in [3.8, 4) is 0 Å². The molecule has 1 aromatic heterocycles. The molecule has 0 saturated heterocycles. The third kappa shape index (κ3) is 3.89. The van der Waals surface area contributed by atoms with Crippen LogP contribution in [0.3, 0.4) is 0 Å². The molecule has 0 aliphatic heterocycles. The zero-order chi connectivity index (χ0) is 14.4. The van der Waals surface area contributed by atoms with E-state index in [1.807, 2.05) is 18.2 Å². The monoisotopic (exact) mass is 332 g/mol. The maximum Gasteiger partial charge on any atom is 0.275 e. The van der Waals surface area contributed by atoms with Crippen molar-refractivity contribution in [1.82, 2.24) is 9.97 Å². The van der Waals surface area contributed by atoms with Gasteiger partial charge in [-0.1, -0.05) is 28.1 Å². The Bertz CT molecular complexity index is 613. The summed E-state index contributed by atoms with van der Waals surface area (Å²) < 4.78 is 0.894. The highest BCUT2D eigenvalue weighted by molar-refractivity contribution is 9.10. The molecule has 0 radical (unpaired) electrons. The number of amides is 1. The molecule has 0 aliphatic carbocycles. The molecule has 2 aromatic rings. The Labute approximate surface area is 125 Å². The Balaban J connectivity index is 2.03. The summed E-state index contributed by atoms with van der Waals surface area (Å²) in [5.74, 6) is 0.301. The average Bonchev–Trinajstić information content (AvgIpc) is 2.45. The number of carbonyl (C=O) groups is 1. The van der Waals surface area contributed by atoms with E-state index >= 15 is 0 Å². The lowest BCUT2D eigenvalue weighted by Crippen LogP contribution is -2.14. The van der Waals surface area contributed by atoms with Gasteiger partial charge in [-0.05, 0) is 18.2 Å². The second-order valence-electron chi connectivity index (χ2n) is 3.92. The second-order valence-corrected chi connectivity index (χ2v) is 4.84. The fraction of sp³-hybridized carbons (Fsp3) is 0.0714. The van der Waals surface area contributed by atoms with Crippen molar-refractivity contribution in [1.29, 1.82) is 0 Å². The molecule has 0 atom stereocenters. The molecular formula is C14H13BrN4O. The highest BCUT2D eigenvalue weighted by Crippen LogP contribution is 2.16. The summed E-state index contributed by atoms with van der Waals surface area (Å²) in [5.41, 5.74) is 0.953. The van der Waals surface area contributed by atoms with Crippen molar-refractivity contribution in [2.45, 2.75) is 0 Å². The number of nitrogens with zero attached hydrogens (tertiary/aromatic N) is 2. The molecule has 0 aliphatic rings. The van der Waals surface area contributed by atoms with Crippen molar-refractivity contribution >= 4 is 33.3 Å². The molecule has 0 fully saturated rings. The Morgan fingerprint density at radius 3 is 2.85 bits per heavy atom. The van der Waals surface area contributed by atoms with Crippen LogP contribution < -0.4 is 10.6 Å². The minimum atomic E-state index is -0.300. The normalized spacial score (nSPS) is 9.85. The molecular weight excluding hydrogens is 320 g/mol. The Kier molecular flexibility index (Phi) is 4.84. The summed E-state index contributed by atoms with van der Waals surface area (Å²) in [6, 6.07) is 7.34. The predicted octanol–water partition coefficient (Wildman–Crippen LogP) is 3.09. The first-order valence-electron chi connectivity index (χ1n) is 5.93. The topological polar surface area (TPSA) is 66.9 Å². The number of hydrogen-bond acceptors (Lipinski definition) is 4. The van der Waals surface area contributed by atoms with Crippen molar-refractivity contribution in [3.63, 3.8) is 0 Å². The van der Waals surface area contributed by atoms with Crippen LogP contribution in [0.4, 0.5) is 11.5 Å². The molecule has 1 amide bonds. The second kappa shape index (κ2) is 6.81. The van der Waals surface area contributed by atoms with Crippen LogP contribution in [-0.4, -0.2) is 22.4 Å². The van der Waals surface area contributed by atoms with Crippen LogP contribution in [0.2, 0.25) is 0 Å². The molecule has 20 heavy (non-hydrogen) atoms. The van der Waals surface area contributed by atoms with Crippen LogP contribution in [0.1, 0.15) is 10.5 Å². The molecule has 0 spiro atoms. The van der Waals surface area contributed by atoms with Gasteiger partial charge in [0.1, 0.15) is 11.5 Å². The zero-order valence-electron chi connectivity index (χ0n) is 10.6. The standard InChI is InChI=1S/C14H13BrN4O/c1-2-6-16-13-9-17-12(8-18-13)14(20)19-11-5-3-4-10(15)7-11/h2-5,7-9H,1,6H2,(H,16,18)(H,19,20). The van der Waals surface area contributed by atoms with Crippen LogP contribution >= 0.6 is 15.9 Å². The third-order valence-corrected chi connectivity index (χ3v) is 2.89. The van der Waals surface area contributed by atoms with Crippen molar-refractivity contribution in [2.75, 3.05) is 17.2 Å². The number of benzene rings is 1. The van der Waals surface area contributed by atoms with Crippen LogP contribution in [-0.2, 0) is 0 Å². The van der Waals surface area contributed by atoms with Gasteiger partial charge in [0.25, 0.3) is 5.91 Å². The summed E-state index contributed by atoms with van der Waals surface area (Å²) in [6.07, 6.45) is 4.66. The highest BCUT2D eigenvalue weighted by Gasteiger charge is 2.08. The van der Waals surface area contributed by atoms with E-state index in [1.54, 1.807) is 12.1 Å². The quantitative estimate of drug-likeness (QED) is 0.825. The number of hydrogen-bond donors (Lipinski definition) is 2. The van der Waals surface area contributed by atoms with E-state index in [4.69, 9.17) is 0 Å². The third-order valence-electron chi connectivity index (χ3n) is 2.39. The zero-order valence-corrected chi connectivity index (χ0v) is 12.2. The van der Waals surface area contributed by atoms with Crippen molar-refractivity contribution < 1.29 is 4.79 Å². The largest absolute Gasteiger partial charge is 0.365 e. The van der Waals surface area contributed by atoms with Crippen LogP contribution in [0.25, 0.3) is 0 Å². The maximum atomic E-state index is 12.0. The van der Waals surface area contributed by atoms with Gasteiger partial charge in [0, 0.05) is 16.7 Å². The summed E-state index contributed by atoms with van der Waals surface area (Å²) in [7, 11) is 0. The summed E-state index contributed by atoms with van der Waals surface area (Å²) in [6.45, 7) is 4.19. The van der Waals surface area contributed by atoms with Gasteiger partial charge in [-0.2, -0.15) is 0 Å². The molecule has 102 valence electrons. The van der Waals surface area contributed by atoms with E-state index in [0.717, 1.165) is 4.47 Å². The van der Waals surface area contributed by atoms with E-state index in [0.29, 0.717) is 18.1 Å². The number of nitrogens with one attached hydrogen (secondary N) is 2. The molecule has 0 unspecified atom stereocenters. The van der Waals surface area contributed by atoms with E-state index in [2.05, 4.69) is 43.1 Å². The number of anilines is 2. The SMILES string of the molecule is C=CCNc1cnc(C(=O)Nc2cccc(Br)c2)cn1. The highest BCUT2D eigenvalue weighted by atomic mass is 79.9. The lowest BCUT2D eigenvalue weighted by atomic mass is 10.3. The minimum absolute atomic E-state index is 0.258. The number of halogens is 1. The van der Waals surface area contributed by atoms with Crippen molar-refractivity contribution in [3.05, 3.63) is 59.5 Å². The molecule has 1 heterocycles. The van der Waals surface area contributed by atoms with Crippen LogP contribution in [0.5, 0.6) is 0 Å². The summed E-state index contributed by atoms with van der Waals surface area (Å²) >= 11 is 3.35. The Hall–Kier alpha value is -2.21. The van der Waals surface area contributed by atoms with Crippen LogP contribution in [0, 0.1) is 0 Å². The van der Waals surface area contributed by atoms with E-state index < -0.39 is 0 Å². The van der Waals surface area contributed by atoms with E-state index in [1.165, 1.54) is 12.4 Å². The van der Waals surface area contributed by atoms with E-state index in [9.17, 15) is 4.79 Å². The van der Waals surface area contributed by atoms with Gasteiger partial charge in [-0.3, -0.25) is 4.79 Å². The smallest absolute Gasteiger partial charge is 0.275 e. The van der Waals surface area contributed by atoms with E-state index in [-0.39, 0.29) is 11.6 Å². The summed E-state index contributed by atoms with van der Waals surface area (Å²) in [4.78, 5) is 20.2. The van der Waals surface area contributed by atoms with Gasteiger partial charge in [0.2, 0.25) is 0 Å². The molecule has 5 nitrogen and oxygen atoms in total. The molecule has 2 rings (SSSR count). The predicted molar refractivity (Wildman–Crippen MR) is 82.8 cm³/mol. The first kappa shape index (κ1) is 14.2. The maximum absolute atomic E-state index is 12.0. The van der Waals surface area contributed by atoms with Crippen LogP contribution in [0.15, 0.2) is 53.8 Å². The number of carbonyl (C=O) groups excluding carboxylic acids is 1. The molecule has 1 aromatic carbocycles. The number of aromatic nitrogens is 2. The minimum Gasteiger partial charge on any atom is -0.365 e. The lowest BCUT2D eigenvalue weighted by molar-refractivity contribution is 0.102. The lowest BCUT2D eigenvalue weighted by Gasteiger charge is -2.06. The Morgan fingerprint density at radius 2 is 2.20 bits per heavy atom. The fourth-order valence-electron chi connectivity index (χ4n) is 1.47. The molecule has 2 N–H and O–H groups in total. The van der Waals surface area contributed by atoms with Gasteiger partial charge in [-0.15, -0.1) is 6.58 Å². The number of rotatable bonds is 5. The van der Waals surface area contributed by atoms with Gasteiger partial charge in [0.15, 0.2) is 0 Å². The van der Waals surface area contributed by atoms with Gasteiger partial charge in [0.05, 0.1) is 12.4 Å².